The molecule has 0 bridgehead atoms. The lowest BCUT2D eigenvalue weighted by Crippen LogP contribution is -2.44. The Hall–Kier alpha value is -1.65. The summed E-state index contributed by atoms with van der Waals surface area (Å²) in [5.41, 5.74) is 2.25. The third-order valence-corrected chi connectivity index (χ3v) is 4.20. The standard InChI is InChI=1S/C17H22N2O2/c1-13-18-16(12-21-13)10-19-8-7-15(17(20)11-19)9-14-5-3-2-4-6-14/h2-6,12,15,17,20H,7-11H2,1H3/t15-,17-/m1/s1. The largest absolute Gasteiger partial charge is 0.449 e. The second kappa shape index (κ2) is 6.41. The molecule has 2 atom stereocenters. The van der Waals surface area contributed by atoms with Gasteiger partial charge in [0.05, 0.1) is 11.8 Å². The van der Waals surface area contributed by atoms with Crippen LogP contribution in [0.25, 0.3) is 0 Å². The molecule has 1 saturated heterocycles. The number of hydrogen-bond acceptors (Lipinski definition) is 4. The lowest BCUT2D eigenvalue weighted by atomic mass is 9.88. The zero-order valence-corrected chi connectivity index (χ0v) is 12.4. The molecule has 4 nitrogen and oxygen atoms in total. The van der Waals surface area contributed by atoms with Gasteiger partial charge in [-0.2, -0.15) is 0 Å². The number of aryl methyl sites for hydroxylation is 1. The van der Waals surface area contributed by atoms with E-state index in [-0.39, 0.29) is 6.10 Å². The van der Waals surface area contributed by atoms with Gasteiger partial charge in [-0.15, -0.1) is 0 Å². The smallest absolute Gasteiger partial charge is 0.191 e. The molecule has 21 heavy (non-hydrogen) atoms. The molecule has 0 saturated carbocycles. The van der Waals surface area contributed by atoms with Gasteiger partial charge in [0, 0.05) is 20.0 Å². The molecule has 3 rings (SSSR count). The molecular formula is C17H22N2O2. The van der Waals surface area contributed by atoms with Crippen molar-refractivity contribution in [3.05, 3.63) is 53.7 Å². The third-order valence-electron chi connectivity index (χ3n) is 4.20. The van der Waals surface area contributed by atoms with Crippen LogP contribution in [0, 0.1) is 12.8 Å². The fourth-order valence-electron chi connectivity index (χ4n) is 3.05. The minimum Gasteiger partial charge on any atom is -0.449 e. The Morgan fingerprint density at radius 1 is 1.33 bits per heavy atom. The molecule has 1 aromatic heterocycles. The maximum atomic E-state index is 10.4. The minimum atomic E-state index is -0.271. The summed E-state index contributed by atoms with van der Waals surface area (Å²) in [6.45, 7) is 4.32. The van der Waals surface area contributed by atoms with Crippen molar-refractivity contribution >= 4 is 0 Å². The first-order valence-electron chi connectivity index (χ1n) is 7.56. The second-order valence-corrected chi connectivity index (χ2v) is 5.90. The van der Waals surface area contributed by atoms with E-state index in [1.807, 2.05) is 13.0 Å². The molecule has 2 aromatic rings. The van der Waals surface area contributed by atoms with Crippen molar-refractivity contribution in [3.63, 3.8) is 0 Å². The molecule has 1 aliphatic rings. The second-order valence-electron chi connectivity index (χ2n) is 5.90. The van der Waals surface area contributed by atoms with Crippen LogP contribution in [0.2, 0.25) is 0 Å². The van der Waals surface area contributed by atoms with Gasteiger partial charge >= 0.3 is 0 Å². The number of aliphatic hydroxyl groups excluding tert-OH is 1. The Bertz CT molecular complexity index is 567. The van der Waals surface area contributed by atoms with Gasteiger partial charge < -0.3 is 9.52 Å². The summed E-state index contributed by atoms with van der Waals surface area (Å²) in [6.07, 6.45) is 3.41. The molecule has 0 spiro atoms. The number of aliphatic hydroxyl groups is 1. The summed E-state index contributed by atoms with van der Waals surface area (Å²) in [4.78, 5) is 6.58. The van der Waals surface area contributed by atoms with E-state index < -0.39 is 0 Å². The van der Waals surface area contributed by atoms with Crippen LogP contribution in [0.1, 0.15) is 23.6 Å². The predicted molar refractivity (Wildman–Crippen MR) is 80.8 cm³/mol. The molecule has 0 amide bonds. The lowest BCUT2D eigenvalue weighted by Gasteiger charge is -2.35. The number of oxazole rings is 1. The normalized spacial score (nSPS) is 23.3. The monoisotopic (exact) mass is 286 g/mol. The van der Waals surface area contributed by atoms with Gasteiger partial charge in [-0.25, -0.2) is 4.98 Å². The maximum Gasteiger partial charge on any atom is 0.191 e. The van der Waals surface area contributed by atoms with Gasteiger partial charge in [0.25, 0.3) is 0 Å². The first-order chi connectivity index (χ1) is 10.2. The molecule has 2 heterocycles. The zero-order valence-electron chi connectivity index (χ0n) is 12.4. The summed E-state index contributed by atoms with van der Waals surface area (Å²) in [6, 6.07) is 10.4. The number of benzene rings is 1. The topological polar surface area (TPSA) is 49.5 Å². The van der Waals surface area contributed by atoms with E-state index in [9.17, 15) is 5.11 Å². The van der Waals surface area contributed by atoms with Gasteiger partial charge in [-0.1, -0.05) is 30.3 Å². The fraction of sp³-hybridized carbons (Fsp3) is 0.471. The average molecular weight is 286 g/mol. The highest BCUT2D eigenvalue weighted by molar-refractivity contribution is 5.15. The molecule has 1 fully saturated rings. The van der Waals surface area contributed by atoms with Crippen LogP contribution in [-0.2, 0) is 13.0 Å². The highest BCUT2D eigenvalue weighted by atomic mass is 16.3. The highest BCUT2D eigenvalue weighted by Crippen LogP contribution is 2.23. The number of rotatable bonds is 4. The Morgan fingerprint density at radius 2 is 2.14 bits per heavy atom. The van der Waals surface area contributed by atoms with Crippen LogP contribution in [-0.4, -0.2) is 34.2 Å². The van der Waals surface area contributed by atoms with Crippen molar-refractivity contribution in [1.29, 1.82) is 0 Å². The summed E-state index contributed by atoms with van der Waals surface area (Å²) in [5, 5.41) is 10.4. The van der Waals surface area contributed by atoms with Gasteiger partial charge in [-0.05, 0) is 30.9 Å². The number of nitrogens with zero attached hydrogens (tertiary/aromatic N) is 2. The van der Waals surface area contributed by atoms with Crippen LogP contribution in [0.4, 0.5) is 0 Å². The van der Waals surface area contributed by atoms with Crippen LogP contribution >= 0.6 is 0 Å². The van der Waals surface area contributed by atoms with E-state index in [0.29, 0.717) is 18.4 Å². The number of aromatic nitrogens is 1. The van der Waals surface area contributed by atoms with Crippen molar-refractivity contribution in [3.8, 4) is 0 Å². The maximum absolute atomic E-state index is 10.4. The molecular weight excluding hydrogens is 264 g/mol. The zero-order chi connectivity index (χ0) is 14.7. The number of β-amino-alcohol motifs (C(OH)–C–C–N with tert-alkyl or cyclic N) is 1. The van der Waals surface area contributed by atoms with Crippen LogP contribution in [0.3, 0.4) is 0 Å². The Labute approximate surface area is 125 Å². The van der Waals surface area contributed by atoms with Crippen LogP contribution in [0.15, 0.2) is 41.0 Å². The molecule has 0 radical (unpaired) electrons. The van der Waals surface area contributed by atoms with Crippen LogP contribution < -0.4 is 0 Å². The van der Waals surface area contributed by atoms with Crippen molar-refractivity contribution in [2.45, 2.75) is 32.4 Å². The Balaban J connectivity index is 1.54. The van der Waals surface area contributed by atoms with Crippen LogP contribution in [0.5, 0.6) is 0 Å². The first kappa shape index (κ1) is 14.3. The lowest BCUT2D eigenvalue weighted by molar-refractivity contribution is 0.0183. The Morgan fingerprint density at radius 3 is 2.81 bits per heavy atom. The van der Waals surface area contributed by atoms with E-state index in [4.69, 9.17) is 4.42 Å². The molecule has 112 valence electrons. The average Bonchev–Trinajstić information content (AvgIpc) is 2.88. The van der Waals surface area contributed by atoms with E-state index in [1.165, 1.54) is 5.56 Å². The van der Waals surface area contributed by atoms with Crippen molar-refractivity contribution in [2.75, 3.05) is 13.1 Å². The summed E-state index contributed by atoms with van der Waals surface area (Å²) < 4.78 is 5.23. The number of piperidine rings is 1. The number of hydrogen-bond donors (Lipinski definition) is 1. The van der Waals surface area contributed by atoms with E-state index >= 15 is 0 Å². The highest BCUT2D eigenvalue weighted by Gasteiger charge is 2.28. The molecule has 1 N–H and O–H groups in total. The van der Waals surface area contributed by atoms with E-state index in [0.717, 1.165) is 31.6 Å². The molecule has 0 aliphatic carbocycles. The fourth-order valence-corrected chi connectivity index (χ4v) is 3.05. The van der Waals surface area contributed by atoms with Gasteiger partial charge in [0.2, 0.25) is 0 Å². The van der Waals surface area contributed by atoms with Crippen molar-refractivity contribution in [2.24, 2.45) is 5.92 Å². The van der Waals surface area contributed by atoms with E-state index in [2.05, 4.69) is 34.1 Å². The molecule has 1 aliphatic heterocycles. The van der Waals surface area contributed by atoms with Gasteiger partial charge in [-0.3, -0.25) is 4.90 Å². The first-order valence-corrected chi connectivity index (χ1v) is 7.56. The Kier molecular flexibility index (Phi) is 4.36. The van der Waals surface area contributed by atoms with Crippen molar-refractivity contribution < 1.29 is 9.52 Å². The quantitative estimate of drug-likeness (QED) is 0.937. The molecule has 0 unspecified atom stereocenters. The summed E-state index contributed by atoms with van der Waals surface area (Å²) in [5.74, 6) is 1.05. The van der Waals surface area contributed by atoms with Gasteiger partial charge in [0.15, 0.2) is 5.89 Å². The van der Waals surface area contributed by atoms with Gasteiger partial charge in [0.1, 0.15) is 6.26 Å². The van der Waals surface area contributed by atoms with E-state index in [1.54, 1.807) is 6.26 Å². The number of likely N-dealkylation sites (tertiary alicyclic amines) is 1. The molecule has 1 aromatic carbocycles. The third kappa shape index (κ3) is 3.71. The summed E-state index contributed by atoms with van der Waals surface area (Å²) in [7, 11) is 0. The minimum absolute atomic E-state index is 0.271. The molecule has 4 heteroatoms. The predicted octanol–water partition coefficient (Wildman–Crippen LogP) is 2.41. The summed E-state index contributed by atoms with van der Waals surface area (Å²) >= 11 is 0. The SMILES string of the molecule is Cc1nc(CN2CC[C@H](Cc3ccccc3)[C@H](O)C2)co1. The van der Waals surface area contributed by atoms with Crippen molar-refractivity contribution in [1.82, 2.24) is 9.88 Å².